The molecule has 0 N–H and O–H groups in total. The van der Waals surface area contributed by atoms with E-state index in [9.17, 15) is 4.79 Å². The summed E-state index contributed by atoms with van der Waals surface area (Å²) in [6, 6.07) is 14.2. The monoisotopic (exact) mass is 363 g/mol. The number of amides is 1. The highest BCUT2D eigenvalue weighted by Gasteiger charge is 2.45. The van der Waals surface area contributed by atoms with Crippen molar-refractivity contribution < 1.29 is 4.79 Å². The SMILES string of the molecule is C[C@H](c1ccccn1)N(C(=O)[C@H]1C[C@H]2CC[C@H]1C2)c1ccc(N(C)C)cc1. The molecule has 0 spiro atoms. The summed E-state index contributed by atoms with van der Waals surface area (Å²) in [5, 5.41) is 0. The summed E-state index contributed by atoms with van der Waals surface area (Å²) >= 11 is 0. The number of hydrogen-bond acceptors (Lipinski definition) is 3. The molecule has 1 aromatic carbocycles. The molecular weight excluding hydrogens is 334 g/mol. The van der Waals surface area contributed by atoms with Crippen molar-refractivity contribution >= 4 is 17.3 Å². The zero-order chi connectivity index (χ0) is 19.0. The molecule has 2 fully saturated rings. The zero-order valence-electron chi connectivity index (χ0n) is 16.5. The summed E-state index contributed by atoms with van der Waals surface area (Å²) in [7, 11) is 4.06. The van der Waals surface area contributed by atoms with Crippen molar-refractivity contribution in [3.63, 3.8) is 0 Å². The fourth-order valence-corrected chi connectivity index (χ4v) is 4.93. The highest BCUT2D eigenvalue weighted by molar-refractivity contribution is 5.96. The number of rotatable bonds is 5. The van der Waals surface area contributed by atoms with E-state index >= 15 is 0 Å². The van der Waals surface area contributed by atoms with Gasteiger partial charge in [-0.1, -0.05) is 12.5 Å². The van der Waals surface area contributed by atoms with Gasteiger partial charge in [0.1, 0.15) is 0 Å². The summed E-state index contributed by atoms with van der Waals surface area (Å²) in [4.78, 5) is 22.3. The van der Waals surface area contributed by atoms with Crippen LogP contribution in [0.5, 0.6) is 0 Å². The van der Waals surface area contributed by atoms with E-state index in [0.29, 0.717) is 5.92 Å². The highest BCUT2D eigenvalue weighted by atomic mass is 16.2. The molecule has 0 aliphatic heterocycles. The first-order chi connectivity index (χ1) is 13.0. The van der Waals surface area contributed by atoms with Crippen LogP contribution in [0.2, 0.25) is 0 Å². The molecule has 27 heavy (non-hydrogen) atoms. The number of pyridine rings is 1. The lowest BCUT2D eigenvalue weighted by atomic mass is 9.87. The van der Waals surface area contributed by atoms with Gasteiger partial charge in [-0.2, -0.15) is 0 Å². The molecule has 0 radical (unpaired) electrons. The molecule has 1 aromatic heterocycles. The second-order valence-electron chi connectivity index (χ2n) is 8.33. The molecular formula is C23H29N3O. The highest BCUT2D eigenvalue weighted by Crippen LogP contribution is 2.49. The Hall–Kier alpha value is -2.36. The summed E-state index contributed by atoms with van der Waals surface area (Å²) in [5.41, 5.74) is 3.04. The van der Waals surface area contributed by atoms with Crippen LogP contribution in [-0.4, -0.2) is 25.0 Å². The Labute approximate surface area is 162 Å². The number of nitrogens with zero attached hydrogens (tertiary/aromatic N) is 3. The second kappa shape index (κ2) is 7.34. The average molecular weight is 364 g/mol. The largest absolute Gasteiger partial charge is 0.378 e. The Morgan fingerprint density at radius 1 is 1.04 bits per heavy atom. The van der Waals surface area contributed by atoms with E-state index in [1.165, 1.54) is 19.3 Å². The lowest BCUT2D eigenvalue weighted by Gasteiger charge is -2.34. The molecule has 2 bridgehead atoms. The third kappa shape index (κ3) is 3.45. The number of aromatic nitrogens is 1. The van der Waals surface area contributed by atoms with Gasteiger partial charge in [0.05, 0.1) is 11.7 Å². The summed E-state index contributed by atoms with van der Waals surface area (Å²) < 4.78 is 0. The quantitative estimate of drug-likeness (QED) is 0.774. The first-order valence-electron chi connectivity index (χ1n) is 10.1. The first kappa shape index (κ1) is 18.0. The van der Waals surface area contributed by atoms with Crippen LogP contribution >= 0.6 is 0 Å². The van der Waals surface area contributed by atoms with Crippen molar-refractivity contribution in [1.82, 2.24) is 4.98 Å². The molecule has 2 saturated carbocycles. The molecule has 142 valence electrons. The van der Waals surface area contributed by atoms with E-state index in [0.717, 1.165) is 29.4 Å². The Bertz CT molecular complexity index is 787. The van der Waals surface area contributed by atoms with Crippen molar-refractivity contribution in [2.75, 3.05) is 23.9 Å². The van der Waals surface area contributed by atoms with Crippen LogP contribution in [0.15, 0.2) is 48.7 Å². The Kier molecular flexibility index (Phi) is 4.90. The van der Waals surface area contributed by atoms with Gasteiger partial charge in [0, 0.05) is 37.6 Å². The minimum Gasteiger partial charge on any atom is -0.378 e. The predicted octanol–water partition coefficient (Wildman–Crippen LogP) is 4.68. The molecule has 4 nitrogen and oxygen atoms in total. The normalized spacial score (nSPS) is 24.6. The molecule has 4 rings (SSSR count). The van der Waals surface area contributed by atoms with Crippen molar-refractivity contribution in [1.29, 1.82) is 0 Å². The van der Waals surface area contributed by atoms with Gasteiger partial charge >= 0.3 is 0 Å². The van der Waals surface area contributed by atoms with Gasteiger partial charge in [-0.05, 0) is 74.4 Å². The molecule has 0 saturated heterocycles. The van der Waals surface area contributed by atoms with Crippen LogP contribution in [0.1, 0.15) is 44.3 Å². The number of benzene rings is 1. The van der Waals surface area contributed by atoms with Crippen molar-refractivity contribution in [3.05, 3.63) is 54.4 Å². The minimum atomic E-state index is -0.0805. The van der Waals surface area contributed by atoms with Gasteiger partial charge in [-0.3, -0.25) is 9.78 Å². The molecule has 2 aliphatic carbocycles. The zero-order valence-corrected chi connectivity index (χ0v) is 16.5. The van der Waals surface area contributed by atoms with E-state index in [4.69, 9.17) is 0 Å². The van der Waals surface area contributed by atoms with Crippen LogP contribution in [-0.2, 0) is 4.79 Å². The lowest BCUT2D eigenvalue weighted by molar-refractivity contribution is -0.124. The van der Waals surface area contributed by atoms with Gasteiger partial charge < -0.3 is 9.80 Å². The van der Waals surface area contributed by atoms with Crippen molar-refractivity contribution in [2.24, 2.45) is 17.8 Å². The van der Waals surface area contributed by atoms with Crippen LogP contribution < -0.4 is 9.80 Å². The van der Waals surface area contributed by atoms with E-state index in [1.54, 1.807) is 6.20 Å². The predicted molar refractivity (Wildman–Crippen MR) is 110 cm³/mol. The third-order valence-electron chi connectivity index (χ3n) is 6.44. The van der Waals surface area contributed by atoms with E-state index in [-0.39, 0.29) is 17.9 Å². The third-order valence-corrected chi connectivity index (χ3v) is 6.44. The standard InChI is InChI=1S/C23H29N3O/c1-16(22-6-4-5-13-24-22)26(20-11-9-19(10-12-20)25(2)3)23(27)21-15-17-7-8-18(21)14-17/h4-6,9-13,16-18,21H,7-8,14-15H2,1-3H3/t16-,17+,18+,21+/m1/s1. The number of carbonyl (C=O) groups is 1. The van der Waals surface area contributed by atoms with Gasteiger partial charge in [0.25, 0.3) is 0 Å². The van der Waals surface area contributed by atoms with Crippen molar-refractivity contribution in [2.45, 2.75) is 38.6 Å². The Morgan fingerprint density at radius 2 is 1.78 bits per heavy atom. The average Bonchev–Trinajstić information content (AvgIpc) is 3.32. The summed E-state index contributed by atoms with van der Waals surface area (Å²) in [5.74, 6) is 1.77. The number of fused-ring (bicyclic) bond motifs is 2. The van der Waals surface area contributed by atoms with Gasteiger partial charge in [0.15, 0.2) is 0 Å². The van der Waals surface area contributed by atoms with Crippen LogP contribution in [0.3, 0.4) is 0 Å². The minimum absolute atomic E-state index is 0.0805. The van der Waals surface area contributed by atoms with Crippen LogP contribution in [0, 0.1) is 17.8 Å². The van der Waals surface area contributed by atoms with Crippen LogP contribution in [0.4, 0.5) is 11.4 Å². The van der Waals surface area contributed by atoms with E-state index in [1.807, 2.05) is 37.2 Å². The Morgan fingerprint density at radius 3 is 2.33 bits per heavy atom. The molecule has 1 heterocycles. The second-order valence-corrected chi connectivity index (χ2v) is 8.33. The fraction of sp³-hybridized carbons (Fsp3) is 0.478. The number of carbonyl (C=O) groups excluding carboxylic acids is 1. The molecule has 4 heteroatoms. The lowest BCUT2D eigenvalue weighted by Crippen LogP contribution is -2.40. The smallest absolute Gasteiger partial charge is 0.231 e. The topological polar surface area (TPSA) is 36.4 Å². The van der Waals surface area contributed by atoms with Gasteiger partial charge in [-0.15, -0.1) is 0 Å². The Balaban J connectivity index is 1.67. The number of anilines is 2. The fourth-order valence-electron chi connectivity index (χ4n) is 4.93. The van der Waals surface area contributed by atoms with Gasteiger partial charge in [0.2, 0.25) is 5.91 Å². The maximum Gasteiger partial charge on any atom is 0.231 e. The van der Waals surface area contributed by atoms with Crippen molar-refractivity contribution in [3.8, 4) is 0 Å². The maximum absolute atomic E-state index is 13.7. The van der Waals surface area contributed by atoms with Gasteiger partial charge in [-0.25, -0.2) is 0 Å². The van der Waals surface area contributed by atoms with E-state index < -0.39 is 0 Å². The van der Waals surface area contributed by atoms with Crippen LogP contribution in [0.25, 0.3) is 0 Å². The summed E-state index contributed by atoms with van der Waals surface area (Å²) in [6.45, 7) is 2.09. The molecule has 4 atom stereocenters. The number of hydrogen-bond donors (Lipinski definition) is 0. The molecule has 2 aliphatic rings. The van der Waals surface area contributed by atoms with E-state index in [2.05, 4.69) is 41.1 Å². The molecule has 2 aromatic rings. The summed E-state index contributed by atoms with van der Waals surface area (Å²) in [6.07, 6.45) is 6.63. The molecule has 1 amide bonds. The molecule has 0 unspecified atom stereocenters. The first-order valence-corrected chi connectivity index (χ1v) is 10.1. The maximum atomic E-state index is 13.7.